The molecule has 16 heavy (non-hydrogen) atoms. The summed E-state index contributed by atoms with van der Waals surface area (Å²) in [5, 5.41) is 9.42. The van der Waals surface area contributed by atoms with E-state index in [1.807, 2.05) is 0 Å². The Balaban J connectivity index is 2.50. The predicted octanol–water partition coefficient (Wildman–Crippen LogP) is 1.01. The van der Waals surface area contributed by atoms with Crippen molar-refractivity contribution in [2.24, 2.45) is 0 Å². The first-order valence-electron chi connectivity index (χ1n) is 4.86. The van der Waals surface area contributed by atoms with Gasteiger partial charge in [0.05, 0.1) is 13.2 Å². The monoisotopic (exact) mass is 225 g/mol. The SMILES string of the molecule is COCCONC(=O)c1ccc(C)c(O)c1. The smallest absolute Gasteiger partial charge is 0.274 e. The van der Waals surface area contributed by atoms with Crippen LogP contribution in [0.4, 0.5) is 0 Å². The summed E-state index contributed by atoms with van der Waals surface area (Å²) in [7, 11) is 1.54. The molecule has 88 valence electrons. The van der Waals surface area contributed by atoms with Crippen molar-refractivity contribution in [1.82, 2.24) is 5.48 Å². The van der Waals surface area contributed by atoms with Gasteiger partial charge in [-0.1, -0.05) is 6.07 Å². The molecule has 0 bridgehead atoms. The first-order chi connectivity index (χ1) is 7.65. The van der Waals surface area contributed by atoms with Gasteiger partial charge in [-0.3, -0.25) is 9.63 Å². The molecule has 0 aliphatic heterocycles. The highest BCUT2D eigenvalue weighted by Crippen LogP contribution is 2.17. The van der Waals surface area contributed by atoms with Crippen molar-refractivity contribution in [2.75, 3.05) is 20.3 Å². The van der Waals surface area contributed by atoms with Crippen LogP contribution in [0.25, 0.3) is 0 Å². The molecule has 5 nitrogen and oxygen atoms in total. The number of rotatable bonds is 5. The minimum Gasteiger partial charge on any atom is -0.508 e. The number of aryl methyl sites for hydroxylation is 1. The van der Waals surface area contributed by atoms with E-state index in [2.05, 4.69) is 5.48 Å². The van der Waals surface area contributed by atoms with Crippen LogP contribution >= 0.6 is 0 Å². The van der Waals surface area contributed by atoms with Gasteiger partial charge in [0.15, 0.2) is 0 Å². The quantitative estimate of drug-likeness (QED) is 0.579. The first kappa shape index (κ1) is 12.5. The van der Waals surface area contributed by atoms with Gasteiger partial charge >= 0.3 is 0 Å². The normalized spacial score (nSPS) is 10.1. The molecule has 0 atom stereocenters. The van der Waals surface area contributed by atoms with E-state index < -0.39 is 5.91 Å². The minimum absolute atomic E-state index is 0.0875. The number of aromatic hydroxyl groups is 1. The summed E-state index contributed by atoms with van der Waals surface area (Å²) in [4.78, 5) is 16.3. The van der Waals surface area contributed by atoms with Crippen LogP contribution in [0.15, 0.2) is 18.2 Å². The molecular formula is C11H15NO4. The number of nitrogens with one attached hydrogen (secondary N) is 1. The van der Waals surface area contributed by atoms with E-state index in [1.54, 1.807) is 26.2 Å². The Kier molecular flexibility index (Phi) is 4.75. The largest absolute Gasteiger partial charge is 0.508 e. The van der Waals surface area contributed by atoms with E-state index >= 15 is 0 Å². The predicted molar refractivity (Wildman–Crippen MR) is 58.1 cm³/mol. The molecule has 0 saturated heterocycles. The van der Waals surface area contributed by atoms with Crippen molar-refractivity contribution < 1.29 is 19.5 Å². The van der Waals surface area contributed by atoms with Crippen molar-refractivity contribution in [1.29, 1.82) is 0 Å². The summed E-state index contributed by atoms with van der Waals surface area (Å²) >= 11 is 0. The molecule has 0 spiro atoms. The number of benzene rings is 1. The molecule has 0 aromatic heterocycles. The van der Waals surface area contributed by atoms with Crippen LogP contribution in [0, 0.1) is 6.92 Å². The second-order valence-electron chi connectivity index (χ2n) is 3.27. The second-order valence-corrected chi connectivity index (χ2v) is 3.27. The number of ether oxygens (including phenoxy) is 1. The van der Waals surface area contributed by atoms with Crippen LogP contribution in [-0.2, 0) is 9.57 Å². The molecule has 0 fully saturated rings. The highest BCUT2D eigenvalue weighted by atomic mass is 16.7. The van der Waals surface area contributed by atoms with Crippen molar-refractivity contribution >= 4 is 5.91 Å². The summed E-state index contributed by atoms with van der Waals surface area (Å²) < 4.78 is 4.75. The molecule has 1 aromatic carbocycles. The van der Waals surface area contributed by atoms with Gasteiger partial charge in [-0.05, 0) is 24.6 Å². The van der Waals surface area contributed by atoms with E-state index in [9.17, 15) is 9.90 Å². The maximum Gasteiger partial charge on any atom is 0.274 e. The molecule has 1 aromatic rings. The summed E-state index contributed by atoms with van der Waals surface area (Å²) in [6, 6.07) is 4.67. The molecule has 0 aliphatic carbocycles. The van der Waals surface area contributed by atoms with Crippen LogP contribution in [0.3, 0.4) is 0 Å². The fourth-order valence-electron chi connectivity index (χ4n) is 1.05. The summed E-state index contributed by atoms with van der Waals surface area (Å²) in [5.74, 6) is -0.309. The molecule has 2 N–H and O–H groups in total. The minimum atomic E-state index is -0.397. The van der Waals surface area contributed by atoms with E-state index in [1.165, 1.54) is 6.07 Å². The fourth-order valence-corrected chi connectivity index (χ4v) is 1.05. The Morgan fingerprint density at radius 2 is 2.19 bits per heavy atom. The van der Waals surface area contributed by atoms with Gasteiger partial charge < -0.3 is 9.84 Å². The van der Waals surface area contributed by atoms with E-state index in [4.69, 9.17) is 9.57 Å². The topological polar surface area (TPSA) is 67.8 Å². The van der Waals surface area contributed by atoms with Crippen molar-refractivity contribution in [2.45, 2.75) is 6.92 Å². The van der Waals surface area contributed by atoms with Crippen LogP contribution in [0.5, 0.6) is 5.75 Å². The lowest BCUT2D eigenvalue weighted by atomic mass is 10.1. The van der Waals surface area contributed by atoms with Crippen molar-refractivity contribution in [3.05, 3.63) is 29.3 Å². The second kappa shape index (κ2) is 6.09. The van der Waals surface area contributed by atoms with Gasteiger partial charge in [0.25, 0.3) is 5.91 Å². The van der Waals surface area contributed by atoms with Gasteiger partial charge in [0.1, 0.15) is 5.75 Å². The number of carbonyl (C=O) groups is 1. The number of hydroxylamine groups is 1. The third-order valence-electron chi connectivity index (χ3n) is 2.03. The van der Waals surface area contributed by atoms with Crippen LogP contribution < -0.4 is 5.48 Å². The van der Waals surface area contributed by atoms with E-state index in [0.29, 0.717) is 12.2 Å². The number of amides is 1. The number of hydrogen-bond acceptors (Lipinski definition) is 4. The number of phenols is 1. The number of phenolic OH excluding ortho intramolecular Hbond substituents is 1. The van der Waals surface area contributed by atoms with Crippen LogP contribution in [0.2, 0.25) is 0 Å². The molecule has 1 amide bonds. The number of carbonyl (C=O) groups excluding carboxylic acids is 1. The molecule has 0 aliphatic rings. The van der Waals surface area contributed by atoms with Gasteiger partial charge in [0.2, 0.25) is 0 Å². The zero-order valence-corrected chi connectivity index (χ0v) is 9.32. The summed E-state index contributed by atoms with van der Waals surface area (Å²) in [5.41, 5.74) is 3.32. The Hall–Kier alpha value is -1.59. The average Bonchev–Trinajstić information content (AvgIpc) is 2.28. The Morgan fingerprint density at radius 3 is 2.81 bits per heavy atom. The van der Waals surface area contributed by atoms with Crippen molar-refractivity contribution in [3.8, 4) is 5.75 Å². The molecule has 5 heteroatoms. The summed E-state index contributed by atoms with van der Waals surface area (Å²) in [6.45, 7) is 2.44. The fraction of sp³-hybridized carbons (Fsp3) is 0.364. The highest BCUT2D eigenvalue weighted by molar-refractivity contribution is 5.93. The van der Waals surface area contributed by atoms with Crippen molar-refractivity contribution in [3.63, 3.8) is 0 Å². The molecule has 0 heterocycles. The van der Waals surface area contributed by atoms with Gasteiger partial charge in [-0.2, -0.15) is 0 Å². The summed E-state index contributed by atoms with van der Waals surface area (Å²) in [6.07, 6.45) is 0. The van der Waals surface area contributed by atoms with E-state index in [-0.39, 0.29) is 12.4 Å². The lowest BCUT2D eigenvalue weighted by Gasteiger charge is -2.06. The highest BCUT2D eigenvalue weighted by Gasteiger charge is 2.07. The third-order valence-corrected chi connectivity index (χ3v) is 2.03. The zero-order valence-electron chi connectivity index (χ0n) is 9.32. The molecule has 0 radical (unpaired) electrons. The zero-order chi connectivity index (χ0) is 12.0. The number of methoxy groups -OCH3 is 1. The maximum atomic E-state index is 11.5. The van der Waals surface area contributed by atoms with Gasteiger partial charge in [-0.15, -0.1) is 0 Å². The third kappa shape index (κ3) is 3.52. The molecular weight excluding hydrogens is 210 g/mol. The lowest BCUT2D eigenvalue weighted by molar-refractivity contribution is 0.00887. The molecule has 0 unspecified atom stereocenters. The van der Waals surface area contributed by atoms with Crippen LogP contribution in [0.1, 0.15) is 15.9 Å². The van der Waals surface area contributed by atoms with Crippen LogP contribution in [-0.4, -0.2) is 31.3 Å². The van der Waals surface area contributed by atoms with E-state index in [0.717, 1.165) is 5.56 Å². The Labute approximate surface area is 93.9 Å². The Bertz CT molecular complexity index is 365. The van der Waals surface area contributed by atoms with Gasteiger partial charge in [-0.25, -0.2) is 5.48 Å². The molecule has 1 rings (SSSR count). The average molecular weight is 225 g/mol. The Morgan fingerprint density at radius 1 is 1.44 bits per heavy atom. The standard InChI is InChI=1S/C11H15NO4/c1-8-3-4-9(7-10(8)13)11(14)12-16-6-5-15-2/h3-4,7,13H,5-6H2,1-2H3,(H,12,14). The molecule has 0 saturated carbocycles. The maximum absolute atomic E-state index is 11.5. The first-order valence-corrected chi connectivity index (χ1v) is 4.86. The van der Waals surface area contributed by atoms with Gasteiger partial charge in [0, 0.05) is 12.7 Å². The lowest BCUT2D eigenvalue weighted by Crippen LogP contribution is -2.25. The number of hydrogen-bond donors (Lipinski definition) is 2.